The molecule has 0 amide bonds. The van der Waals surface area contributed by atoms with Crippen LogP contribution >= 0.6 is 0 Å². The predicted molar refractivity (Wildman–Crippen MR) is 117 cm³/mol. The van der Waals surface area contributed by atoms with Crippen LogP contribution in [0.2, 0.25) is 0 Å². The summed E-state index contributed by atoms with van der Waals surface area (Å²) in [5.74, 6) is 1.32. The molecule has 0 aromatic heterocycles. The second-order valence-electron chi connectivity index (χ2n) is 9.70. The van der Waals surface area contributed by atoms with E-state index in [-0.39, 0.29) is 42.4 Å². The molecular formula is C25H40O5. The minimum absolute atomic E-state index is 0.00728. The van der Waals surface area contributed by atoms with Gasteiger partial charge in [0.25, 0.3) is 0 Å². The minimum atomic E-state index is -0.368. The van der Waals surface area contributed by atoms with E-state index in [0.29, 0.717) is 30.6 Å². The molecule has 2 aliphatic carbocycles. The Labute approximate surface area is 181 Å². The molecule has 3 aliphatic rings. The zero-order chi connectivity index (χ0) is 21.8. The Morgan fingerprint density at radius 2 is 2.03 bits per heavy atom. The minimum Gasteiger partial charge on any atom is -0.461 e. The molecule has 0 aromatic rings. The lowest BCUT2D eigenvalue weighted by Crippen LogP contribution is -2.42. The number of carbonyl (C=O) groups excluding carboxylic acids is 1. The molecule has 0 bridgehead atoms. The average molecular weight is 421 g/mol. The number of hydrogen-bond acceptors (Lipinski definition) is 5. The fraction of sp³-hybridized carbons (Fsp3) is 0.800. The standard InChI is InChI=1S/C25H40O5/c1-6-16(3)25(27)30-22-12-15(2)11-18-8-7-17(4)21(24(18)22)10-9-20-13-19(26)14-23(28-5)29-20/h7-8,11,15-17,19-24,26H,6,9-10,12-14H2,1-5H3/t15-,16-,17-,19+,20?,21-,22-,23?,24-/m0/s1. The highest BCUT2D eigenvalue weighted by Crippen LogP contribution is 2.45. The molecule has 1 heterocycles. The third kappa shape index (κ3) is 5.54. The maximum atomic E-state index is 12.6. The fourth-order valence-corrected chi connectivity index (χ4v) is 5.32. The van der Waals surface area contributed by atoms with Crippen LogP contribution in [0.15, 0.2) is 23.8 Å². The number of allylic oxidation sites excluding steroid dienone is 3. The molecule has 1 fully saturated rings. The van der Waals surface area contributed by atoms with Gasteiger partial charge in [-0.05, 0) is 55.4 Å². The quantitative estimate of drug-likeness (QED) is 0.608. The van der Waals surface area contributed by atoms with Crippen molar-refractivity contribution in [3.63, 3.8) is 0 Å². The van der Waals surface area contributed by atoms with Crippen molar-refractivity contribution < 1.29 is 24.1 Å². The number of fused-ring (bicyclic) bond motifs is 1. The van der Waals surface area contributed by atoms with Crippen LogP contribution in [0.4, 0.5) is 0 Å². The van der Waals surface area contributed by atoms with E-state index in [4.69, 9.17) is 14.2 Å². The Morgan fingerprint density at radius 1 is 1.27 bits per heavy atom. The summed E-state index contributed by atoms with van der Waals surface area (Å²) in [6, 6.07) is 0. The molecular weight excluding hydrogens is 380 g/mol. The number of hydrogen-bond donors (Lipinski definition) is 1. The van der Waals surface area contributed by atoms with E-state index in [1.54, 1.807) is 7.11 Å². The normalized spacial score (nSPS) is 39.7. The molecule has 1 saturated heterocycles. The van der Waals surface area contributed by atoms with Crippen molar-refractivity contribution in [3.05, 3.63) is 23.8 Å². The van der Waals surface area contributed by atoms with E-state index in [0.717, 1.165) is 25.7 Å². The number of carbonyl (C=O) groups is 1. The van der Waals surface area contributed by atoms with E-state index in [1.807, 2.05) is 13.8 Å². The molecule has 1 aliphatic heterocycles. The fourth-order valence-electron chi connectivity index (χ4n) is 5.32. The Hall–Kier alpha value is -1.17. The van der Waals surface area contributed by atoms with Crippen molar-refractivity contribution in [2.24, 2.45) is 29.6 Å². The van der Waals surface area contributed by atoms with Crippen molar-refractivity contribution in [2.45, 2.75) is 90.8 Å². The van der Waals surface area contributed by atoms with Gasteiger partial charge in [-0.25, -0.2) is 0 Å². The van der Waals surface area contributed by atoms with Crippen molar-refractivity contribution >= 4 is 5.97 Å². The lowest BCUT2D eigenvalue weighted by Gasteiger charge is -2.43. The smallest absolute Gasteiger partial charge is 0.308 e. The van der Waals surface area contributed by atoms with Gasteiger partial charge < -0.3 is 19.3 Å². The van der Waals surface area contributed by atoms with Gasteiger partial charge in [-0.2, -0.15) is 0 Å². The molecule has 3 rings (SSSR count). The van der Waals surface area contributed by atoms with Gasteiger partial charge in [0.15, 0.2) is 6.29 Å². The molecule has 0 radical (unpaired) electrons. The van der Waals surface area contributed by atoms with E-state index < -0.39 is 0 Å². The van der Waals surface area contributed by atoms with Gasteiger partial charge in [0, 0.05) is 19.4 Å². The van der Waals surface area contributed by atoms with Crippen LogP contribution in [0, 0.1) is 29.6 Å². The molecule has 5 nitrogen and oxygen atoms in total. The summed E-state index contributed by atoms with van der Waals surface area (Å²) >= 11 is 0. The number of methoxy groups -OCH3 is 1. The summed E-state index contributed by atoms with van der Waals surface area (Å²) in [6.45, 7) is 8.44. The summed E-state index contributed by atoms with van der Waals surface area (Å²) < 4.78 is 17.5. The molecule has 30 heavy (non-hydrogen) atoms. The third-order valence-electron chi connectivity index (χ3n) is 7.31. The monoisotopic (exact) mass is 420 g/mol. The highest BCUT2D eigenvalue weighted by atomic mass is 16.7. The van der Waals surface area contributed by atoms with Gasteiger partial charge in [0.05, 0.1) is 18.1 Å². The van der Waals surface area contributed by atoms with E-state index in [1.165, 1.54) is 5.57 Å². The van der Waals surface area contributed by atoms with Gasteiger partial charge in [0.2, 0.25) is 0 Å². The van der Waals surface area contributed by atoms with Crippen molar-refractivity contribution in [1.82, 2.24) is 0 Å². The van der Waals surface area contributed by atoms with Crippen LogP contribution in [-0.2, 0) is 19.0 Å². The molecule has 5 heteroatoms. The van der Waals surface area contributed by atoms with Crippen LogP contribution in [0.1, 0.15) is 66.2 Å². The summed E-state index contributed by atoms with van der Waals surface area (Å²) in [6.07, 6.45) is 10.9. The van der Waals surface area contributed by atoms with Gasteiger partial charge in [-0.3, -0.25) is 4.79 Å². The van der Waals surface area contributed by atoms with E-state index in [9.17, 15) is 9.90 Å². The maximum absolute atomic E-state index is 12.6. The van der Waals surface area contributed by atoms with Crippen LogP contribution < -0.4 is 0 Å². The highest BCUT2D eigenvalue weighted by molar-refractivity contribution is 5.72. The van der Waals surface area contributed by atoms with Crippen LogP contribution in [0.25, 0.3) is 0 Å². The van der Waals surface area contributed by atoms with Crippen LogP contribution in [-0.4, -0.2) is 42.8 Å². The van der Waals surface area contributed by atoms with Gasteiger partial charge in [0.1, 0.15) is 6.10 Å². The first-order chi connectivity index (χ1) is 14.3. The van der Waals surface area contributed by atoms with Gasteiger partial charge in [-0.1, -0.05) is 45.9 Å². The first kappa shape index (κ1) is 23.5. The average Bonchev–Trinajstić information content (AvgIpc) is 2.71. The highest BCUT2D eigenvalue weighted by Gasteiger charge is 2.42. The van der Waals surface area contributed by atoms with Gasteiger partial charge >= 0.3 is 5.97 Å². The molecule has 1 N–H and O–H groups in total. The molecule has 0 aromatic carbocycles. The molecule has 0 saturated carbocycles. The summed E-state index contributed by atoms with van der Waals surface area (Å²) in [7, 11) is 1.63. The molecule has 9 atom stereocenters. The van der Waals surface area contributed by atoms with Crippen molar-refractivity contribution in [1.29, 1.82) is 0 Å². The Balaban J connectivity index is 1.73. The first-order valence-electron chi connectivity index (χ1n) is 11.8. The van der Waals surface area contributed by atoms with Crippen LogP contribution in [0.5, 0.6) is 0 Å². The van der Waals surface area contributed by atoms with Crippen molar-refractivity contribution in [3.8, 4) is 0 Å². The number of ether oxygens (including phenoxy) is 3. The zero-order valence-electron chi connectivity index (χ0n) is 19.3. The lowest BCUT2D eigenvalue weighted by molar-refractivity contribution is -0.205. The molecule has 2 unspecified atom stereocenters. The topological polar surface area (TPSA) is 65.0 Å². The predicted octanol–water partition coefficient (Wildman–Crippen LogP) is 4.64. The summed E-state index contributed by atoms with van der Waals surface area (Å²) in [5.41, 5.74) is 1.32. The number of aliphatic hydroxyl groups excluding tert-OH is 1. The lowest BCUT2D eigenvalue weighted by atomic mass is 9.65. The number of esters is 1. The SMILES string of the molecule is CC[C@H](C)C(=O)O[C@H]1C[C@@H](C)C=C2C=C[C@H](C)[C@H](CCC3C[C@@H](O)CC(OC)O3)[C@H]21. The Kier molecular flexibility index (Phi) is 8.17. The number of aliphatic hydroxyl groups is 1. The first-order valence-corrected chi connectivity index (χ1v) is 11.8. The Morgan fingerprint density at radius 3 is 2.73 bits per heavy atom. The van der Waals surface area contributed by atoms with Crippen molar-refractivity contribution in [2.75, 3.05) is 7.11 Å². The maximum Gasteiger partial charge on any atom is 0.308 e. The van der Waals surface area contributed by atoms with E-state index >= 15 is 0 Å². The second-order valence-corrected chi connectivity index (χ2v) is 9.70. The third-order valence-corrected chi connectivity index (χ3v) is 7.31. The summed E-state index contributed by atoms with van der Waals surface area (Å²) in [4.78, 5) is 12.6. The second kappa shape index (κ2) is 10.4. The largest absolute Gasteiger partial charge is 0.461 e. The molecule has 170 valence electrons. The zero-order valence-corrected chi connectivity index (χ0v) is 19.3. The molecule has 0 spiro atoms. The summed E-state index contributed by atoms with van der Waals surface area (Å²) in [5, 5.41) is 10.2. The van der Waals surface area contributed by atoms with E-state index in [2.05, 4.69) is 32.1 Å². The van der Waals surface area contributed by atoms with Gasteiger partial charge in [-0.15, -0.1) is 0 Å². The number of rotatable bonds is 7. The van der Waals surface area contributed by atoms with Crippen LogP contribution in [0.3, 0.4) is 0 Å². The Bertz CT molecular complexity index is 641.